The van der Waals surface area contributed by atoms with Gasteiger partial charge in [-0.05, 0) is 19.9 Å². The molecule has 0 rings (SSSR count). The van der Waals surface area contributed by atoms with Crippen molar-refractivity contribution in [2.75, 3.05) is 33.4 Å². The van der Waals surface area contributed by atoms with Gasteiger partial charge in [-0.2, -0.15) is 0 Å². The number of hydrogen-bond donors (Lipinski definition) is 4. The second-order valence-electron chi connectivity index (χ2n) is 14.9. The fourth-order valence-corrected chi connectivity index (χ4v) is 6.88. The van der Waals surface area contributed by atoms with Crippen molar-refractivity contribution in [3.8, 4) is 0 Å². The maximum atomic E-state index is 11.8. The lowest BCUT2D eigenvalue weighted by Crippen LogP contribution is -2.32. The van der Waals surface area contributed by atoms with E-state index < -0.39 is 19.8 Å². The van der Waals surface area contributed by atoms with Crippen LogP contribution in [0.5, 0.6) is 0 Å². The largest absolute Gasteiger partial charge is 0.481 e. The Hall–Kier alpha value is -1.03. The molecule has 2 unspecified atom stereocenters. The van der Waals surface area contributed by atoms with E-state index in [1.807, 2.05) is 0 Å². The second-order valence-corrected chi connectivity index (χ2v) is 16.4. The molecular formula is C42H87N2O8P. The zero-order chi connectivity index (χ0) is 39.5. The average Bonchev–Trinajstić information content (AvgIpc) is 3.13. The molecule has 2 atom stereocenters. The highest BCUT2D eigenvalue weighted by molar-refractivity contribution is 7.47. The van der Waals surface area contributed by atoms with E-state index in [4.69, 9.17) is 24.6 Å². The summed E-state index contributed by atoms with van der Waals surface area (Å²) in [4.78, 5) is 31.6. The topological polar surface area (TPSA) is 157 Å². The van der Waals surface area contributed by atoms with Crippen molar-refractivity contribution in [2.45, 2.75) is 225 Å². The van der Waals surface area contributed by atoms with Gasteiger partial charge in [0, 0.05) is 19.4 Å². The van der Waals surface area contributed by atoms with Crippen LogP contribution in [0.1, 0.15) is 219 Å². The summed E-state index contributed by atoms with van der Waals surface area (Å²) in [6.45, 7) is 4.74. The number of phosphoric ester groups is 1. The minimum Gasteiger partial charge on any atom is -0.481 e. The van der Waals surface area contributed by atoms with Gasteiger partial charge >= 0.3 is 19.8 Å². The van der Waals surface area contributed by atoms with Crippen LogP contribution in [-0.4, -0.2) is 61.4 Å². The number of nitrogens with one attached hydrogen (secondary N) is 1. The molecule has 0 radical (unpaired) electrons. The number of likely N-dealkylation sites (N-methyl/N-ethyl adjacent to an activating group) is 1. The number of carboxylic acid groups (broad SMARTS) is 1. The van der Waals surface area contributed by atoms with Crippen molar-refractivity contribution in [3.05, 3.63) is 0 Å². The molecular weight excluding hydrogens is 691 g/mol. The van der Waals surface area contributed by atoms with Gasteiger partial charge in [0.1, 0.15) is 6.61 Å². The summed E-state index contributed by atoms with van der Waals surface area (Å²) in [6.07, 6.45) is 39.8. The Labute approximate surface area is 326 Å². The van der Waals surface area contributed by atoms with Gasteiger partial charge in [0.05, 0.1) is 19.3 Å². The summed E-state index contributed by atoms with van der Waals surface area (Å²) < 4.78 is 26.3. The van der Waals surface area contributed by atoms with Crippen LogP contribution in [0, 0.1) is 0 Å². The Kier molecular flexibility index (Phi) is 44.6. The zero-order valence-electron chi connectivity index (χ0n) is 34.9. The van der Waals surface area contributed by atoms with Crippen LogP contribution < -0.4 is 11.1 Å². The number of carboxylic acids is 1. The molecule has 11 heteroatoms. The van der Waals surface area contributed by atoms with Crippen molar-refractivity contribution in [2.24, 2.45) is 5.73 Å². The standard InChI is InChI=1S/C24H51N2O6P.C18H36O2/c1-3-4-5-6-7-8-9-10-11-12-13-14-15-16-17-18-24(27)30-21-23(25)22-32-33(28,29)31-20-19-26-2;1-2-3-4-5-6-7-8-9-10-11-12-13-14-15-16-17-18(19)20/h23,26H,3-22,25H2,1-2H3,(H,28,29);2-17H2,1H3,(H,19,20). The molecule has 0 aromatic heterocycles. The Bertz CT molecular complexity index is 820. The number of aliphatic carboxylic acids is 1. The van der Waals surface area contributed by atoms with Gasteiger partial charge in [-0.15, -0.1) is 0 Å². The fraction of sp³-hybridized carbons (Fsp3) is 0.952. The molecule has 0 aliphatic carbocycles. The van der Waals surface area contributed by atoms with Gasteiger partial charge in [0.25, 0.3) is 0 Å². The minimum absolute atomic E-state index is 0.0475. The molecule has 0 aliphatic rings. The maximum absolute atomic E-state index is 11.8. The smallest absolute Gasteiger partial charge is 0.472 e. The second kappa shape index (κ2) is 43.7. The lowest BCUT2D eigenvalue weighted by atomic mass is 10.0. The molecule has 5 N–H and O–H groups in total. The number of carbonyl (C=O) groups is 2. The summed E-state index contributed by atoms with van der Waals surface area (Å²) in [6, 6.07) is -0.677. The SMILES string of the molecule is CCCCCCCCCCCCCCCCCC(=O)O.CCCCCCCCCCCCCCCCCC(=O)OCC(N)COP(=O)(O)OCCNC. The quantitative estimate of drug-likeness (QED) is 0.0267. The van der Waals surface area contributed by atoms with Gasteiger partial charge in [-0.1, -0.05) is 194 Å². The Morgan fingerprint density at radius 1 is 0.566 bits per heavy atom. The molecule has 0 heterocycles. The van der Waals surface area contributed by atoms with Gasteiger partial charge in [0.15, 0.2) is 0 Å². The highest BCUT2D eigenvalue weighted by atomic mass is 31.2. The number of rotatable bonds is 41. The average molecular weight is 779 g/mol. The predicted octanol–water partition coefficient (Wildman–Crippen LogP) is 11.8. The number of phosphoric acid groups is 1. The first-order chi connectivity index (χ1) is 25.7. The van der Waals surface area contributed by atoms with Crippen LogP contribution >= 0.6 is 7.82 Å². The molecule has 10 nitrogen and oxygen atoms in total. The van der Waals surface area contributed by atoms with Crippen molar-refractivity contribution in [1.29, 1.82) is 0 Å². The van der Waals surface area contributed by atoms with Crippen LogP contribution in [0.25, 0.3) is 0 Å². The van der Waals surface area contributed by atoms with Crippen LogP contribution in [0.15, 0.2) is 0 Å². The molecule has 0 amide bonds. The monoisotopic (exact) mass is 779 g/mol. The summed E-state index contributed by atoms with van der Waals surface area (Å²) >= 11 is 0. The number of esters is 1. The van der Waals surface area contributed by atoms with E-state index in [0.29, 0.717) is 19.4 Å². The van der Waals surface area contributed by atoms with E-state index in [1.54, 1.807) is 7.05 Å². The van der Waals surface area contributed by atoms with E-state index in [9.17, 15) is 19.0 Å². The Morgan fingerprint density at radius 3 is 1.25 bits per heavy atom. The summed E-state index contributed by atoms with van der Waals surface area (Å²) in [5, 5.41) is 11.3. The fourth-order valence-electron chi connectivity index (χ4n) is 6.10. The first-order valence-electron chi connectivity index (χ1n) is 22.1. The highest BCUT2D eigenvalue weighted by Gasteiger charge is 2.22. The third kappa shape index (κ3) is 49.0. The summed E-state index contributed by atoms with van der Waals surface area (Å²) in [5.74, 6) is -0.947. The van der Waals surface area contributed by atoms with Gasteiger partial charge in [0.2, 0.25) is 0 Å². The van der Waals surface area contributed by atoms with Gasteiger partial charge in [-0.25, -0.2) is 4.57 Å². The van der Waals surface area contributed by atoms with Gasteiger partial charge in [-0.3, -0.25) is 18.6 Å². The van der Waals surface area contributed by atoms with E-state index in [0.717, 1.165) is 32.1 Å². The first kappa shape index (κ1) is 54.1. The van der Waals surface area contributed by atoms with Crippen molar-refractivity contribution in [3.63, 3.8) is 0 Å². The normalized spacial score (nSPS) is 12.9. The lowest BCUT2D eigenvalue weighted by Gasteiger charge is -2.16. The number of nitrogens with two attached hydrogens (primary N) is 1. The third-order valence-corrected chi connectivity index (χ3v) is 10.5. The van der Waals surface area contributed by atoms with E-state index >= 15 is 0 Å². The van der Waals surface area contributed by atoms with E-state index in [-0.39, 0.29) is 25.8 Å². The molecule has 0 spiro atoms. The van der Waals surface area contributed by atoms with Crippen LogP contribution in [0.3, 0.4) is 0 Å². The Morgan fingerprint density at radius 2 is 0.906 bits per heavy atom. The van der Waals surface area contributed by atoms with E-state index in [1.165, 1.54) is 161 Å². The van der Waals surface area contributed by atoms with Crippen molar-refractivity contribution < 1.29 is 37.9 Å². The molecule has 0 fully saturated rings. The molecule has 318 valence electrons. The summed E-state index contributed by atoms with van der Waals surface area (Å²) in [7, 11) is -2.43. The molecule has 0 aliphatic heterocycles. The number of ether oxygens (including phenoxy) is 1. The maximum Gasteiger partial charge on any atom is 0.472 e. The molecule has 0 saturated carbocycles. The molecule has 53 heavy (non-hydrogen) atoms. The highest BCUT2D eigenvalue weighted by Crippen LogP contribution is 2.42. The molecule has 0 bridgehead atoms. The van der Waals surface area contributed by atoms with Crippen LogP contribution in [0.4, 0.5) is 0 Å². The predicted molar refractivity (Wildman–Crippen MR) is 221 cm³/mol. The third-order valence-electron chi connectivity index (χ3n) is 9.50. The zero-order valence-corrected chi connectivity index (χ0v) is 35.8. The number of unbranched alkanes of at least 4 members (excludes halogenated alkanes) is 28. The van der Waals surface area contributed by atoms with E-state index in [2.05, 4.69) is 19.2 Å². The first-order valence-corrected chi connectivity index (χ1v) is 23.6. The van der Waals surface area contributed by atoms with Crippen molar-refractivity contribution >= 4 is 19.8 Å². The van der Waals surface area contributed by atoms with Crippen LogP contribution in [0.2, 0.25) is 0 Å². The molecule has 0 saturated heterocycles. The molecule has 0 aromatic rings. The minimum atomic E-state index is -4.13. The van der Waals surface area contributed by atoms with Crippen molar-refractivity contribution in [1.82, 2.24) is 5.32 Å². The number of hydrogen-bond acceptors (Lipinski definition) is 8. The number of carbonyl (C=O) groups excluding carboxylic acids is 1. The van der Waals surface area contributed by atoms with Crippen LogP contribution in [-0.2, 0) is 27.9 Å². The Balaban J connectivity index is 0. The molecule has 0 aromatic carbocycles. The summed E-state index contributed by atoms with van der Waals surface area (Å²) in [5.41, 5.74) is 5.77. The lowest BCUT2D eigenvalue weighted by molar-refractivity contribution is -0.144. The van der Waals surface area contributed by atoms with Gasteiger partial charge < -0.3 is 25.8 Å².